The minimum absolute atomic E-state index is 0.0347. The molecule has 0 aliphatic carbocycles. The molecule has 2 aliphatic rings. The van der Waals surface area contributed by atoms with E-state index in [1.165, 1.54) is 12.3 Å². The van der Waals surface area contributed by atoms with Gasteiger partial charge < -0.3 is 30.5 Å². The molecule has 13 nitrogen and oxygen atoms in total. The molecule has 4 aromatic heterocycles. The Hall–Kier alpha value is -4.81. The lowest BCUT2D eigenvalue weighted by Crippen LogP contribution is -2.33. The first kappa shape index (κ1) is 23.4. The Balaban J connectivity index is 0.000000136. The Morgan fingerprint density at radius 1 is 1.00 bits per heavy atom. The summed E-state index contributed by atoms with van der Waals surface area (Å²) in [6, 6.07) is 10.6. The highest BCUT2D eigenvalue weighted by Gasteiger charge is 2.20. The van der Waals surface area contributed by atoms with Gasteiger partial charge in [-0.25, -0.2) is 24.8 Å². The number of H-pyrrole nitrogens is 2. The lowest BCUT2D eigenvalue weighted by atomic mass is 10.3. The molecular formula is C22H25N9O4. The predicted octanol–water partition coefficient (Wildman–Crippen LogP) is 1.15. The van der Waals surface area contributed by atoms with Gasteiger partial charge in [-0.2, -0.15) is 5.10 Å². The second-order valence-electron chi connectivity index (χ2n) is 7.25. The van der Waals surface area contributed by atoms with E-state index < -0.39 is 0 Å². The van der Waals surface area contributed by atoms with Gasteiger partial charge in [0.15, 0.2) is 34.7 Å². The third-order valence-electron chi connectivity index (χ3n) is 4.80. The molecule has 6 rings (SSSR count). The highest BCUT2D eigenvalue weighted by molar-refractivity contribution is 5.53. The fourth-order valence-electron chi connectivity index (χ4n) is 3.20. The number of nitrogen functional groups attached to an aromatic ring is 1. The number of ether oxygens (including phenoxy) is 2. The third-order valence-corrected chi connectivity index (χ3v) is 4.80. The van der Waals surface area contributed by atoms with Crippen LogP contribution in [0.3, 0.4) is 0 Å². The number of aromatic amines is 2. The minimum atomic E-state index is -0.297. The van der Waals surface area contributed by atoms with E-state index in [1.54, 1.807) is 18.5 Å². The Kier molecular flexibility index (Phi) is 7.58. The summed E-state index contributed by atoms with van der Waals surface area (Å²) in [5, 5.41) is 18.1. The van der Waals surface area contributed by atoms with Crippen molar-refractivity contribution in [1.29, 1.82) is 0 Å². The van der Waals surface area contributed by atoms with Crippen LogP contribution in [0.4, 0.5) is 17.5 Å². The van der Waals surface area contributed by atoms with Crippen LogP contribution >= 0.6 is 0 Å². The molecule has 13 heteroatoms. The van der Waals surface area contributed by atoms with Gasteiger partial charge >= 0.3 is 5.69 Å². The van der Waals surface area contributed by atoms with Crippen molar-refractivity contribution in [1.82, 2.24) is 30.1 Å². The van der Waals surface area contributed by atoms with Gasteiger partial charge in [0.2, 0.25) is 0 Å². The van der Waals surface area contributed by atoms with Gasteiger partial charge in [-0.05, 0) is 36.4 Å². The summed E-state index contributed by atoms with van der Waals surface area (Å²) in [5.41, 5.74) is 4.86. The first-order chi connectivity index (χ1) is 17.1. The van der Waals surface area contributed by atoms with Crippen molar-refractivity contribution < 1.29 is 14.6 Å². The fraction of sp³-hybridized carbons (Fsp3) is 0.227. The molecule has 0 saturated heterocycles. The van der Waals surface area contributed by atoms with Gasteiger partial charge in [0.1, 0.15) is 19.0 Å². The molecule has 35 heavy (non-hydrogen) atoms. The number of nitrogens with one attached hydrogen (secondary N) is 3. The van der Waals surface area contributed by atoms with Crippen LogP contribution in [0.1, 0.15) is 5.82 Å². The molecule has 0 radical (unpaired) electrons. The van der Waals surface area contributed by atoms with Crippen LogP contribution < -0.4 is 31.1 Å². The number of nitrogens with zero attached hydrogens (tertiary/aromatic N) is 5. The molecule has 6 heterocycles. The molecule has 0 aromatic carbocycles. The van der Waals surface area contributed by atoms with Gasteiger partial charge in [-0.3, -0.25) is 4.98 Å². The maximum absolute atomic E-state index is 10.9. The summed E-state index contributed by atoms with van der Waals surface area (Å²) in [6.07, 6.45) is 4.99. The highest BCUT2D eigenvalue weighted by atomic mass is 16.5. The van der Waals surface area contributed by atoms with Gasteiger partial charge in [0.25, 0.3) is 0 Å². The number of fused-ring (bicyclic) bond motifs is 2. The molecule has 0 fully saturated rings. The van der Waals surface area contributed by atoms with Crippen LogP contribution in [0.2, 0.25) is 0 Å². The van der Waals surface area contributed by atoms with E-state index >= 15 is 0 Å². The minimum Gasteiger partial charge on any atom is -0.504 e. The molecule has 0 unspecified atom stereocenters. The van der Waals surface area contributed by atoms with Gasteiger partial charge in [-0.15, -0.1) is 0 Å². The highest BCUT2D eigenvalue weighted by Crippen LogP contribution is 2.28. The Labute approximate surface area is 200 Å². The van der Waals surface area contributed by atoms with Crippen LogP contribution in [-0.2, 0) is 6.54 Å². The van der Waals surface area contributed by atoms with Crippen molar-refractivity contribution in [3.8, 4) is 17.2 Å². The Morgan fingerprint density at radius 2 is 1.74 bits per heavy atom. The van der Waals surface area contributed by atoms with Crippen molar-refractivity contribution in [2.24, 2.45) is 0 Å². The maximum atomic E-state index is 10.9. The second kappa shape index (κ2) is 11.4. The van der Waals surface area contributed by atoms with Crippen molar-refractivity contribution >= 4 is 17.5 Å². The number of nitrogens with two attached hydrogens (primary N) is 1. The topological polar surface area (TPSA) is 180 Å². The number of hydrogen-bond acceptors (Lipinski definition) is 11. The summed E-state index contributed by atoms with van der Waals surface area (Å²) in [7, 11) is 0. The monoisotopic (exact) mass is 479 g/mol. The quantitative estimate of drug-likeness (QED) is 0.278. The van der Waals surface area contributed by atoms with E-state index in [2.05, 4.69) is 35.5 Å². The molecule has 0 saturated carbocycles. The van der Waals surface area contributed by atoms with Crippen molar-refractivity contribution in [2.45, 2.75) is 6.54 Å². The number of aromatic nitrogens is 6. The lowest BCUT2D eigenvalue weighted by molar-refractivity contribution is 0.304. The average Bonchev–Trinajstić information content (AvgIpc) is 3.31. The van der Waals surface area contributed by atoms with Crippen LogP contribution in [0.25, 0.3) is 0 Å². The van der Waals surface area contributed by atoms with Crippen molar-refractivity contribution in [3.63, 3.8) is 0 Å². The number of aromatic hydroxyl groups is 1. The van der Waals surface area contributed by atoms with E-state index in [0.29, 0.717) is 19.0 Å². The zero-order chi connectivity index (χ0) is 24.5. The average molecular weight is 480 g/mol. The van der Waals surface area contributed by atoms with Gasteiger partial charge in [0.05, 0.1) is 19.6 Å². The van der Waals surface area contributed by atoms with E-state index in [1.807, 2.05) is 29.2 Å². The van der Waals surface area contributed by atoms with E-state index in [-0.39, 0.29) is 17.3 Å². The Bertz CT molecular complexity index is 1250. The fourth-order valence-corrected chi connectivity index (χ4v) is 3.20. The normalized spacial score (nSPS) is 13.2. The van der Waals surface area contributed by atoms with E-state index in [9.17, 15) is 4.79 Å². The molecule has 0 atom stereocenters. The molecule has 0 bridgehead atoms. The first-order valence-corrected chi connectivity index (χ1v) is 10.8. The predicted molar refractivity (Wildman–Crippen MR) is 129 cm³/mol. The summed E-state index contributed by atoms with van der Waals surface area (Å²) < 4.78 is 10.8. The molecule has 0 spiro atoms. The zero-order valence-electron chi connectivity index (χ0n) is 18.7. The largest absolute Gasteiger partial charge is 0.504 e. The molecule has 6 N–H and O–H groups in total. The van der Waals surface area contributed by atoms with Crippen molar-refractivity contribution in [3.05, 3.63) is 71.3 Å². The number of hydrogen-bond donors (Lipinski definition) is 5. The standard InChI is InChI=1S/C10H11N5O2.C7H8N2O.C5H6N2O/c16-10-12-8(13-14-10)6-15-4-5-17-7-2-1-3-11-9(7)15;1-2-6-7(8-3-1)9-4-5-10-6;6-5-4(8)2-1-3-7-5/h1-3H,4-6H2,(H2,12,13,14,16);1-3H,4-5H2,(H,8,9);1-3,8H,(H2,6,7). The van der Waals surface area contributed by atoms with Crippen LogP contribution in [0, 0.1) is 0 Å². The number of pyridine rings is 3. The van der Waals surface area contributed by atoms with E-state index in [0.717, 1.165) is 42.8 Å². The summed E-state index contributed by atoms with van der Waals surface area (Å²) in [6.45, 7) is 3.42. The molecule has 0 amide bonds. The SMILES string of the molecule is Nc1ncccc1O.O=c1[nH]nc(CN2CCOc3cccnc32)[nH]1.c1cnc2c(c1)OCCN2. The summed E-state index contributed by atoms with van der Waals surface area (Å²) in [5.74, 6) is 4.05. The second-order valence-corrected chi connectivity index (χ2v) is 7.25. The first-order valence-electron chi connectivity index (χ1n) is 10.8. The van der Waals surface area contributed by atoms with Gasteiger partial charge in [-0.1, -0.05) is 0 Å². The third kappa shape index (κ3) is 6.37. The lowest BCUT2D eigenvalue weighted by Gasteiger charge is -2.28. The number of rotatable bonds is 2. The maximum Gasteiger partial charge on any atom is 0.340 e. The van der Waals surface area contributed by atoms with Gasteiger partial charge in [0, 0.05) is 18.6 Å². The van der Waals surface area contributed by atoms with Crippen LogP contribution in [0.15, 0.2) is 59.8 Å². The summed E-state index contributed by atoms with van der Waals surface area (Å²) >= 11 is 0. The van der Waals surface area contributed by atoms with E-state index in [4.69, 9.17) is 20.3 Å². The van der Waals surface area contributed by atoms with Crippen molar-refractivity contribution in [2.75, 3.05) is 42.3 Å². The van der Waals surface area contributed by atoms with Crippen LogP contribution in [0.5, 0.6) is 17.2 Å². The zero-order valence-corrected chi connectivity index (χ0v) is 18.7. The smallest absolute Gasteiger partial charge is 0.340 e. The Morgan fingerprint density at radius 3 is 2.46 bits per heavy atom. The summed E-state index contributed by atoms with van der Waals surface area (Å²) in [4.78, 5) is 27.5. The molecule has 2 aliphatic heterocycles. The molecule has 182 valence electrons. The molecular weight excluding hydrogens is 454 g/mol. The van der Waals surface area contributed by atoms with Crippen LogP contribution in [-0.4, -0.2) is 61.5 Å². The molecule has 4 aromatic rings. The number of anilines is 3.